The fraction of sp³-hybridized carbons (Fsp3) is 0.500. The molecule has 0 aromatic heterocycles. The van der Waals surface area contributed by atoms with Crippen LogP contribution in [0.4, 0.5) is 32.0 Å². The minimum atomic E-state index is -4.76. The molecule has 1 atom stereocenters. The molecule has 3 rings (SSSR count). The predicted octanol–water partition coefficient (Wildman–Crippen LogP) is 4.37. The highest BCUT2D eigenvalue weighted by Crippen LogP contribution is 2.36. The fourth-order valence-corrected chi connectivity index (χ4v) is 3.43. The Kier molecular flexibility index (Phi) is 5.23. The fourth-order valence-electron chi connectivity index (χ4n) is 3.43. The monoisotopic (exact) mass is 417 g/mol. The molecular weight excluding hydrogens is 400 g/mol. The van der Waals surface area contributed by atoms with Crippen molar-refractivity contribution >= 4 is 17.2 Å². The van der Waals surface area contributed by atoms with E-state index in [1.165, 1.54) is 19.1 Å². The summed E-state index contributed by atoms with van der Waals surface area (Å²) in [6.07, 6.45) is -8.27. The third-order valence-electron chi connectivity index (χ3n) is 4.85. The minimum absolute atomic E-state index is 0.0956. The number of nitriles is 1. The predicted molar refractivity (Wildman–Crippen MR) is 93.7 cm³/mol. The topological polar surface area (TPSA) is 63.8 Å². The minimum Gasteiger partial charge on any atom is -0.358 e. The summed E-state index contributed by atoms with van der Waals surface area (Å²) in [5.41, 5.74) is -1.62. The number of halogens is 6. The Balaban J connectivity index is 2.03. The zero-order valence-corrected chi connectivity index (χ0v) is 15.3. The molecule has 2 aliphatic rings. The van der Waals surface area contributed by atoms with Crippen molar-refractivity contribution in [3.05, 3.63) is 29.3 Å². The first-order valence-corrected chi connectivity index (χ1v) is 8.80. The first-order valence-electron chi connectivity index (χ1n) is 8.80. The van der Waals surface area contributed by atoms with Crippen molar-refractivity contribution in [1.82, 2.24) is 10.3 Å². The van der Waals surface area contributed by atoms with Gasteiger partial charge in [0.1, 0.15) is 17.1 Å². The first-order chi connectivity index (χ1) is 13.4. The van der Waals surface area contributed by atoms with E-state index < -0.39 is 41.2 Å². The summed E-state index contributed by atoms with van der Waals surface area (Å²) in [4.78, 5) is 6.05. The lowest BCUT2D eigenvalue weighted by Gasteiger charge is -2.33. The van der Waals surface area contributed by atoms with E-state index in [9.17, 15) is 26.3 Å². The van der Waals surface area contributed by atoms with Gasteiger partial charge in [-0.1, -0.05) is 0 Å². The zero-order chi connectivity index (χ0) is 21.4. The van der Waals surface area contributed by atoms with E-state index in [-0.39, 0.29) is 11.5 Å². The molecule has 29 heavy (non-hydrogen) atoms. The number of hydrazone groups is 1. The van der Waals surface area contributed by atoms with Crippen molar-refractivity contribution in [2.24, 2.45) is 10.1 Å². The van der Waals surface area contributed by atoms with Gasteiger partial charge in [0.2, 0.25) is 0 Å². The van der Waals surface area contributed by atoms with E-state index in [0.717, 1.165) is 25.0 Å². The number of nitrogens with one attached hydrogen (secondary N) is 1. The van der Waals surface area contributed by atoms with Crippen molar-refractivity contribution < 1.29 is 26.3 Å². The summed E-state index contributed by atoms with van der Waals surface area (Å²) in [7, 11) is 0. The lowest BCUT2D eigenvalue weighted by Crippen LogP contribution is -2.52. The molecule has 2 heterocycles. The summed E-state index contributed by atoms with van der Waals surface area (Å²) in [5, 5.41) is 12.3. The first kappa shape index (κ1) is 21.0. The Labute approximate surface area is 162 Å². The van der Waals surface area contributed by atoms with Gasteiger partial charge in [-0.2, -0.15) is 36.7 Å². The van der Waals surface area contributed by atoms with Crippen LogP contribution in [0.5, 0.6) is 0 Å². The van der Waals surface area contributed by atoms with E-state index in [1.54, 1.807) is 4.90 Å². The van der Waals surface area contributed by atoms with Crippen molar-refractivity contribution in [3.63, 3.8) is 0 Å². The molecule has 0 saturated carbocycles. The summed E-state index contributed by atoms with van der Waals surface area (Å²) in [6.45, 7) is 2.54. The number of alkyl halides is 6. The number of aliphatic imine (C=N–C) groups is 1. The largest absolute Gasteiger partial charge is 0.431 e. The molecule has 11 heteroatoms. The molecule has 0 bridgehead atoms. The van der Waals surface area contributed by atoms with Gasteiger partial charge in [0, 0.05) is 19.5 Å². The molecule has 0 amide bonds. The third-order valence-corrected chi connectivity index (χ3v) is 4.85. The molecule has 1 unspecified atom stereocenters. The summed E-state index contributed by atoms with van der Waals surface area (Å²) < 4.78 is 78.9. The van der Waals surface area contributed by atoms with Crippen molar-refractivity contribution in [3.8, 4) is 6.07 Å². The van der Waals surface area contributed by atoms with Crippen LogP contribution >= 0.6 is 0 Å². The van der Waals surface area contributed by atoms with Crippen molar-refractivity contribution in [2.45, 2.75) is 44.1 Å². The van der Waals surface area contributed by atoms with Gasteiger partial charge in [-0.25, -0.2) is 4.99 Å². The number of rotatable bonds is 2. The molecule has 0 aliphatic carbocycles. The maximum Gasteiger partial charge on any atom is 0.431 e. The number of likely N-dealkylation sites (tertiary alicyclic amines) is 1. The summed E-state index contributed by atoms with van der Waals surface area (Å²) >= 11 is 0. The normalized spacial score (nSPS) is 23.0. The summed E-state index contributed by atoms with van der Waals surface area (Å²) in [6, 6.07) is 4.47. The Morgan fingerprint density at radius 1 is 1.17 bits per heavy atom. The maximum atomic E-state index is 13.2. The van der Waals surface area contributed by atoms with Crippen LogP contribution in [0.15, 0.2) is 28.3 Å². The van der Waals surface area contributed by atoms with Crippen LogP contribution in [-0.2, 0) is 6.18 Å². The number of amidine groups is 1. The van der Waals surface area contributed by atoms with Gasteiger partial charge in [-0.15, -0.1) is 0 Å². The van der Waals surface area contributed by atoms with Gasteiger partial charge >= 0.3 is 12.4 Å². The Morgan fingerprint density at radius 2 is 1.83 bits per heavy atom. The molecule has 1 aromatic carbocycles. The van der Waals surface area contributed by atoms with Gasteiger partial charge < -0.3 is 4.90 Å². The molecule has 2 aliphatic heterocycles. The van der Waals surface area contributed by atoms with Crippen LogP contribution in [0.3, 0.4) is 0 Å². The Hall–Kier alpha value is -2.77. The number of hydrogen-bond acceptors (Lipinski definition) is 4. The molecule has 1 N–H and O–H groups in total. The molecule has 0 radical (unpaired) electrons. The standard InChI is InChI=1S/C18H17F6N5/c1-16(9-14(27-28-16)18(22,23)24)15(29-6-2-3-7-29)26-12-5-4-11(10-25)13(8-12)17(19,20)21/h4-5,8,28H,2-3,6-7,9H2,1H3. The number of benzene rings is 1. The maximum absolute atomic E-state index is 13.2. The van der Waals surface area contributed by atoms with Gasteiger partial charge in [-0.05, 0) is 38.0 Å². The second kappa shape index (κ2) is 7.24. The zero-order valence-electron chi connectivity index (χ0n) is 15.3. The van der Waals surface area contributed by atoms with Crippen LogP contribution in [0.2, 0.25) is 0 Å². The average Bonchev–Trinajstić information content (AvgIpc) is 3.28. The van der Waals surface area contributed by atoms with Crippen LogP contribution in [-0.4, -0.2) is 41.3 Å². The molecule has 0 spiro atoms. The highest BCUT2D eigenvalue weighted by Gasteiger charge is 2.48. The Morgan fingerprint density at radius 3 is 2.34 bits per heavy atom. The second-order valence-corrected chi connectivity index (χ2v) is 7.15. The molecule has 156 valence electrons. The van der Waals surface area contributed by atoms with Gasteiger partial charge in [0.15, 0.2) is 0 Å². The van der Waals surface area contributed by atoms with Crippen LogP contribution in [0.25, 0.3) is 0 Å². The van der Waals surface area contributed by atoms with Crippen molar-refractivity contribution in [1.29, 1.82) is 5.26 Å². The molecule has 1 fully saturated rings. The van der Waals surface area contributed by atoms with Crippen LogP contribution in [0, 0.1) is 11.3 Å². The second-order valence-electron chi connectivity index (χ2n) is 7.15. The third kappa shape index (κ3) is 4.31. The van der Waals surface area contributed by atoms with E-state index >= 15 is 0 Å². The van der Waals surface area contributed by atoms with E-state index in [1.807, 2.05) is 0 Å². The van der Waals surface area contributed by atoms with E-state index in [4.69, 9.17) is 5.26 Å². The van der Waals surface area contributed by atoms with Gasteiger partial charge in [-0.3, -0.25) is 5.43 Å². The van der Waals surface area contributed by atoms with Gasteiger partial charge in [0.05, 0.1) is 22.9 Å². The van der Waals surface area contributed by atoms with E-state index in [2.05, 4.69) is 15.5 Å². The molecule has 5 nitrogen and oxygen atoms in total. The number of nitrogens with zero attached hydrogens (tertiary/aromatic N) is 4. The molecular formula is C18H17F6N5. The molecule has 1 saturated heterocycles. The number of hydrogen-bond donors (Lipinski definition) is 1. The van der Waals surface area contributed by atoms with Crippen molar-refractivity contribution in [2.75, 3.05) is 13.1 Å². The average molecular weight is 417 g/mol. The quantitative estimate of drug-likeness (QED) is 0.442. The highest BCUT2D eigenvalue weighted by molar-refractivity contribution is 6.02. The van der Waals surface area contributed by atoms with Crippen LogP contribution in [0.1, 0.15) is 37.3 Å². The van der Waals surface area contributed by atoms with Gasteiger partial charge in [0.25, 0.3) is 0 Å². The van der Waals surface area contributed by atoms with Crippen LogP contribution < -0.4 is 5.43 Å². The summed E-state index contributed by atoms with van der Waals surface area (Å²) in [5.74, 6) is 0.191. The lowest BCUT2D eigenvalue weighted by molar-refractivity contribution is -0.137. The highest BCUT2D eigenvalue weighted by atomic mass is 19.4. The molecule has 1 aromatic rings. The SMILES string of the molecule is CC1(C(=Nc2ccc(C#N)c(C(F)(F)F)c2)N2CCCC2)CC(C(F)(F)F)=NN1. The smallest absolute Gasteiger partial charge is 0.358 e. The van der Waals surface area contributed by atoms with E-state index in [0.29, 0.717) is 13.1 Å². The Bertz CT molecular complexity index is 889. The lowest BCUT2D eigenvalue weighted by atomic mass is 9.94.